The summed E-state index contributed by atoms with van der Waals surface area (Å²) >= 11 is 1.64. The number of halogens is 1. The second-order valence-corrected chi connectivity index (χ2v) is 6.55. The molecule has 0 spiro atoms. The molecule has 25 heavy (non-hydrogen) atoms. The predicted molar refractivity (Wildman–Crippen MR) is 93.0 cm³/mol. The molecule has 4 rings (SSSR count). The van der Waals surface area contributed by atoms with Crippen molar-refractivity contribution in [2.45, 2.75) is 20.0 Å². The van der Waals surface area contributed by atoms with Gasteiger partial charge in [-0.2, -0.15) is 0 Å². The largest absolute Gasteiger partial charge is 0.469 e. The van der Waals surface area contributed by atoms with Crippen LogP contribution in [0.5, 0.6) is 5.88 Å². The van der Waals surface area contributed by atoms with Crippen LogP contribution in [0.2, 0.25) is 0 Å². The second kappa shape index (κ2) is 6.60. The van der Waals surface area contributed by atoms with Gasteiger partial charge in [-0.3, -0.25) is 0 Å². The van der Waals surface area contributed by atoms with Crippen molar-refractivity contribution in [1.82, 2.24) is 15.1 Å². The Morgan fingerprint density at radius 2 is 2.00 bits per heavy atom. The highest BCUT2D eigenvalue weighted by atomic mass is 32.1. The Morgan fingerprint density at radius 3 is 2.80 bits per heavy atom. The minimum absolute atomic E-state index is 0.206. The average Bonchev–Trinajstić information content (AvgIpc) is 3.27. The van der Waals surface area contributed by atoms with Crippen LogP contribution in [0.25, 0.3) is 21.5 Å². The first-order valence-electron chi connectivity index (χ1n) is 7.80. The first-order valence-corrected chi connectivity index (χ1v) is 8.62. The minimum Gasteiger partial charge on any atom is -0.469 e. The molecule has 0 saturated carbocycles. The number of fused-ring (bicyclic) bond motifs is 1. The first-order chi connectivity index (χ1) is 12.2. The smallest absolute Gasteiger partial charge is 0.225 e. The lowest BCUT2D eigenvalue weighted by Crippen LogP contribution is -1.96. The van der Waals surface area contributed by atoms with Crippen LogP contribution in [0.3, 0.4) is 0 Å². The van der Waals surface area contributed by atoms with Crippen LogP contribution >= 0.6 is 11.3 Å². The van der Waals surface area contributed by atoms with E-state index in [9.17, 15) is 4.39 Å². The maximum atomic E-state index is 13.0. The molecule has 0 aliphatic carbocycles. The lowest BCUT2D eigenvalue weighted by molar-refractivity contribution is 0.244. The molecule has 0 atom stereocenters. The third-order valence-electron chi connectivity index (χ3n) is 3.74. The van der Waals surface area contributed by atoms with Crippen LogP contribution in [-0.2, 0) is 13.0 Å². The summed E-state index contributed by atoms with van der Waals surface area (Å²) in [5, 5.41) is 4.91. The van der Waals surface area contributed by atoms with Crippen molar-refractivity contribution in [2.75, 3.05) is 0 Å². The average molecular weight is 355 g/mol. The monoisotopic (exact) mass is 355 g/mol. The van der Waals surface area contributed by atoms with Gasteiger partial charge in [-0.1, -0.05) is 12.1 Å². The number of ether oxygens (including phenoxy) is 1. The molecule has 126 valence electrons. The van der Waals surface area contributed by atoms with E-state index in [1.54, 1.807) is 29.5 Å². The van der Waals surface area contributed by atoms with Crippen molar-refractivity contribution in [3.8, 4) is 17.1 Å². The maximum absolute atomic E-state index is 13.0. The highest BCUT2D eigenvalue weighted by molar-refractivity contribution is 7.18. The molecule has 0 saturated heterocycles. The molecule has 1 aromatic carbocycles. The van der Waals surface area contributed by atoms with Gasteiger partial charge < -0.3 is 9.26 Å². The van der Waals surface area contributed by atoms with Gasteiger partial charge in [0.25, 0.3) is 0 Å². The summed E-state index contributed by atoms with van der Waals surface area (Å²) in [6.07, 6.45) is 2.45. The number of nitrogens with zero attached hydrogens (tertiary/aromatic N) is 3. The summed E-state index contributed by atoms with van der Waals surface area (Å²) in [6, 6.07) is 9.92. The molecule has 5 nitrogen and oxygen atoms in total. The number of benzene rings is 1. The summed E-state index contributed by atoms with van der Waals surface area (Å²) in [5.41, 5.74) is 1.42. The third-order valence-corrected chi connectivity index (χ3v) is 4.93. The van der Waals surface area contributed by atoms with Gasteiger partial charge in [0.2, 0.25) is 5.88 Å². The number of rotatable bonds is 5. The second-order valence-electron chi connectivity index (χ2n) is 5.44. The number of aromatic nitrogens is 3. The van der Waals surface area contributed by atoms with Crippen molar-refractivity contribution in [3.05, 3.63) is 59.2 Å². The van der Waals surface area contributed by atoms with E-state index in [0.29, 0.717) is 17.3 Å². The number of aryl methyl sites for hydroxylation is 1. The quantitative estimate of drug-likeness (QED) is 0.522. The molecule has 0 bridgehead atoms. The van der Waals surface area contributed by atoms with Crippen LogP contribution in [0.4, 0.5) is 4.39 Å². The van der Waals surface area contributed by atoms with E-state index in [4.69, 9.17) is 9.26 Å². The van der Waals surface area contributed by atoms with E-state index in [1.807, 2.05) is 0 Å². The van der Waals surface area contributed by atoms with E-state index in [0.717, 1.165) is 22.2 Å². The topological polar surface area (TPSA) is 61.0 Å². The summed E-state index contributed by atoms with van der Waals surface area (Å²) in [5.74, 6) is 0.809. The van der Waals surface area contributed by atoms with Crippen molar-refractivity contribution in [3.63, 3.8) is 0 Å². The highest BCUT2D eigenvalue weighted by Crippen LogP contribution is 2.30. The van der Waals surface area contributed by atoms with Gasteiger partial charge in [-0.25, -0.2) is 14.4 Å². The molecule has 0 N–H and O–H groups in total. The van der Waals surface area contributed by atoms with Gasteiger partial charge in [0.1, 0.15) is 22.7 Å². The third kappa shape index (κ3) is 3.23. The summed E-state index contributed by atoms with van der Waals surface area (Å²) in [6.45, 7) is 2.31. The lowest BCUT2D eigenvalue weighted by atomic mass is 10.1. The molecule has 0 aliphatic heterocycles. The maximum Gasteiger partial charge on any atom is 0.225 e. The van der Waals surface area contributed by atoms with E-state index in [1.165, 1.54) is 23.3 Å². The number of thiophene rings is 1. The molecule has 0 amide bonds. The van der Waals surface area contributed by atoms with E-state index >= 15 is 0 Å². The van der Waals surface area contributed by atoms with Gasteiger partial charge in [0.15, 0.2) is 12.4 Å². The normalized spacial score (nSPS) is 11.1. The predicted octanol–water partition coefficient (Wildman–Crippen LogP) is 4.63. The Bertz CT molecular complexity index is 1010. The molecule has 4 aromatic rings. The first kappa shape index (κ1) is 15.7. The van der Waals surface area contributed by atoms with Gasteiger partial charge in [0, 0.05) is 16.5 Å². The molecule has 3 aromatic heterocycles. The highest BCUT2D eigenvalue weighted by Gasteiger charge is 2.12. The summed E-state index contributed by atoms with van der Waals surface area (Å²) in [4.78, 5) is 10.6. The molecule has 0 fully saturated rings. The van der Waals surface area contributed by atoms with Gasteiger partial charge in [-0.15, -0.1) is 11.3 Å². The Balaban J connectivity index is 1.52. The van der Waals surface area contributed by atoms with Crippen molar-refractivity contribution < 1.29 is 13.7 Å². The zero-order chi connectivity index (χ0) is 17.2. The van der Waals surface area contributed by atoms with Crippen molar-refractivity contribution in [1.29, 1.82) is 0 Å². The fraction of sp³-hybridized carbons (Fsp3) is 0.167. The Kier molecular flexibility index (Phi) is 4.15. The minimum atomic E-state index is -0.286. The Morgan fingerprint density at radius 1 is 1.16 bits per heavy atom. The standard InChI is InChI=1S/C18H14FN3O2S/c1-2-14-8-15-17(20-10-21-18(15)25-14)23-9-13-7-16(22-24-13)11-3-5-12(19)6-4-11/h3-8,10H,2,9H2,1H3. The van der Waals surface area contributed by atoms with Crippen molar-refractivity contribution in [2.24, 2.45) is 0 Å². The van der Waals surface area contributed by atoms with E-state index < -0.39 is 0 Å². The molecular weight excluding hydrogens is 341 g/mol. The summed E-state index contributed by atoms with van der Waals surface area (Å²) < 4.78 is 24.1. The van der Waals surface area contributed by atoms with Crippen LogP contribution in [-0.4, -0.2) is 15.1 Å². The zero-order valence-electron chi connectivity index (χ0n) is 13.4. The van der Waals surface area contributed by atoms with Crippen LogP contribution in [0, 0.1) is 5.82 Å². The zero-order valence-corrected chi connectivity index (χ0v) is 14.2. The van der Waals surface area contributed by atoms with Gasteiger partial charge >= 0.3 is 0 Å². The van der Waals surface area contributed by atoms with Gasteiger partial charge in [0.05, 0.1) is 5.39 Å². The van der Waals surface area contributed by atoms with Gasteiger partial charge in [-0.05, 0) is 36.8 Å². The van der Waals surface area contributed by atoms with Crippen LogP contribution < -0.4 is 4.74 Å². The molecule has 0 radical (unpaired) electrons. The Hall–Kier alpha value is -2.80. The van der Waals surface area contributed by atoms with E-state index in [-0.39, 0.29) is 12.4 Å². The molecule has 0 aliphatic rings. The fourth-order valence-electron chi connectivity index (χ4n) is 2.45. The van der Waals surface area contributed by atoms with Crippen LogP contribution in [0.1, 0.15) is 17.6 Å². The Labute approximate surface area is 147 Å². The number of hydrogen-bond donors (Lipinski definition) is 0. The molecular formula is C18H14FN3O2S. The van der Waals surface area contributed by atoms with Crippen molar-refractivity contribution >= 4 is 21.6 Å². The van der Waals surface area contributed by atoms with Crippen LogP contribution in [0.15, 0.2) is 47.2 Å². The van der Waals surface area contributed by atoms with E-state index in [2.05, 4.69) is 28.1 Å². The molecule has 0 unspecified atom stereocenters. The SMILES string of the molecule is CCc1cc2c(OCc3cc(-c4ccc(F)cc4)no3)ncnc2s1. The molecule has 7 heteroatoms. The molecule has 3 heterocycles. The lowest BCUT2D eigenvalue weighted by Gasteiger charge is -2.02. The number of hydrogen-bond acceptors (Lipinski definition) is 6. The fourth-order valence-corrected chi connectivity index (χ4v) is 3.38. The summed E-state index contributed by atoms with van der Waals surface area (Å²) in [7, 11) is 0.